The summed E-state index contributed by atoms with van der Waals surface area (Å²) in [5.41, 5.74) is 1.46. The van der Waals surface area contributed by atoms with Gasteiger partial charge in [-0.15, -0.1) is 0 Å². The first-order valence-electron chi connectivity index (χ1n) is 14.2. The number of nitrogens with two attached hydrogens (primary N) is 1. The summed E-state index contributed by atoms with van der Waals surface area (Å²) >= 11 is 0. The van der Waals surface area contributed by atoms with Crippen LogP contribution in [-0.2, 0) is 29.3 Å². The summed E-state index contributed by atoms with van der Waals surface area (Å²) in [4.78, 5) is 56.4. The van der Waals surface area contributed by atoms with Crippen LogP contribution >= 0.6 is 0 Å². The number of likely N-dealkylation sites (N-methyl/N-ethyl adjacent to an activating group) is 2. The van der Waals surface area contributed by atoms with Crippen molar-refractivity contribution in [3.8, 4) is 5.75 Å². The number of phenolic OH excluding ortho intramolecular Hbond substituents is 1. The highest BCUT2D eigenvalue weighted by Crippen LogP contribution is 2.57. The van der Waals surface area contributed by atoms with Crippen molar-refractivity contribution >= 4 is 29.2 Å². The maximum absolute atomic E-state index is 14.4. The predicted octanol–water partition coefficient (Wildman–Crippen LogP) is 1.30. The molecule has 1 saturated carbocycles. The van der Waals surface area contributed by atoms with E-state index in [2.05, 4.69) is 0 Å². The van der Waals surface area contributed by atoms with Gasteiger partial charge in [-0.3, -0.25) is 24.1 Å². The first-order chi connectivity index (χ1) is 19.8. The number of primary amides is 1. The summed E-state index contributed by atoms with van der Waals surface area (Å²) in [6.45, 7) is 7.65. The Bertz CT molecular complexity index is 1470. The Morgan fingerprint density at radius 3 is 2.21 bits per heavy atom. The van der Waals surface area contributed by atoms with Crippen LogP contribution in [0.3, 0.4) is 0 Å². The second-order valence-electron chi connectivity index (χ2n) is 12.9. The number of aliphatic hydroxyl groups excluding tert-OH is 2. The smallest absolute Gasteiger partial charge is 0.305 e. The monoisotopic (exact) mass is 599 g/mol. The topological polar surface area (TPSA) is 191 Å². The molecule has 0 spiro atoms. The molecule has 1 amide bonds. The number of amides is 1. The van der Waals surface area contributed by atoms with E-state index in [1.54, 1.807) is 26.0 Å². The van der Waals surface area contributed by atoms with Gasteiger partial charge in [-0.25, -0.2) is 0 Å². The second kappa shape index (κ2) is 10.8. The number of nitrogens with zero attached hydrogens (tertiary/aromatic N) is 2. The SMILES string of the molecule is CCC(=O)O[C@H]1[C@H]2C(=C(O)c3c(ccc(C(C)(C)CN(C)C)c3O)[C@@H]2C)C(=O)[C@]2(O)C(O)=C(C(N)=O)C(=O)[C@@H](N(C)C)[C@H]12. The fourth-order valence-electron chi connectivity index (χ4n) is 7.39. The van der Waals surface area contributed by atoms with E-state index in [1.165, 1.54) is 19.0 Å². The van der Waals surface area contributed by atoms with Gasteiger partial charge >= 0.3 is 5.97 Å². The number of fused-ring (bicyclic) bond motifs is 3. The van der Waals surface area contributed by atoms with Crippen LogP contribution in [0.15, 0.2) is 29.0 Å². The standard InChI is InChI=1S/C31H41N3O9/c1-9-16(35)43-26-17-13(2)14-10-11-15(30(3,4)12-33(5)6)23(36)18(14)24(37)19(17)27(39)31(42)21(26)22(34(7)8)25(38)20(28(31)40)29(32)41/h10-11,13,17,21-22,26,36-37,40,42H,9,12H2,1-8H3,(H2,32,41)/t13-,17+,21+,22-,26-,31-/m0/s1. The van der Waals surface area contributed by atoms with E-state index in [-0.39, 0.29) is 17.7 Å². The molecule has 0 heterocycles. The average Bonchev–Trinajstić information content (AvgIpc) is 2.88. The third-order valence-electron chi connectivity index (χ3n) is 9.10. The molecule has 0 radical (unpaired) electrons. The number of phenols is 1. The summed E-state index contributed by atoms with van der Waals surface area (Å²) in [6.07, 6.45) is -1.51. The molecule has 0 aromatic heterocycles. The van der Waals surface area contributed by atoms with Gasteiger partial charge in [-0.05, 0) is 39.7 Å². The Labute approximate surface area is 250 Å². The lowest BCUT2D eigenvalue weighted by Crippen LogP contribution is -2.71. The number of hydrogen-bond donors (Lipinski definition) is 5. The van der Waals surface area contributed by atoms with Gasteiger partial charge in [0.05, 0.1) is 17.5 Å². The Morgan fingerprint density at radius 2 is 1.70 bits per heavy atom. The third-order valence-corrected chi connectivity index (χ3v) is 9.10. The van der Waals surface area contributed by atoms with E-state index >= 15 is 0 Å². The molecule has 1 aromatic carbocycles. The first-order valence-corrected chi connectivity index (χ1v) is 14.2. The molecule has 6 atom stereocenters. The molecule has 1 aromatic rings. The van der Waals surface area contributed by atoms with Gasteiger partial charge in [0, 0.05) is 35.4 Å². The molecule has 0 aliphatic heterocycles. The van der Waals surface area contributed by atoms with Crippen molar-refractivity contribution in [2.24, 2.45) is 17.6 Å². The van der Waals surface area contributed by atoms with Crippen LogP contribution in [0, 0.1) is 11.8 Å². The molecule has 12 heteroatoms. The number of rotatable bonds is 7. The zero-order valence-corrected chi connectivity index (χ0v) is 25.8. The van der Waals surface area contributed by atoms with E-state index in [4.69, 9.17) is 10.5 Å². The highest BCUT2D eigenvalue weighted by atomic mass is 16.5. The number of ketones is 2. The van der Waals surface area contributed by atoms with E-state index in [0.717, 1.165) is 0 Å². The zero-order chi connectivity index (χ0) is 32.5. The Balaban J connectivity index is 2.09. The van der Waals surface area contributed by atoms with Crippen molar-refractivity contribution in [1.82, 2.24) is 9.80 Å². The fraction of sp³-hybridized carbons (Fsp3) is 0.548. The molecule has 0 bridgehead atoms. The minimum atomic E-state index is -2.97. The van der Waals surface area contributed by atoms with Crippen molar-refractivity contribution in [2.75, 3.05) is 34.7 Å². The van der Waals surface area contributed by atoms with Crippen LogP contribution < -0.4 is 5.73 Å². The summed E-state index contributed by atoms with van der Waals surface area (Å²) in [7, 11) is 6.72. The summed E-state index contributed by atoms with van der Waals surface area (Å²) in [5, 5.41) is 46.7. The molecule has 3 aliphatic rings. The molecule has 234 valence electrons. The van der Waals surface area contributed by atoms with Crippen molar-refractivity contribution in [3.63, 3.8) is 0 Å². The lowest BCUT2D eigenvalue weighted by atomic mass is 9.54. The maximum atomic E-state index is 14.4. The largest absolute Gasteiger partial charge is 0.508 e. The van der Waals surface area contributed by atoms with Gasteiger partial charge in [0.15, 0.2) is 11.4 Å². The Kier molecular flexibility index (Phi) is 8.05. The predicted molar refractivity (Wildman–Crippen MR) is 156 cm³/mol. The van der Waals surface area contributed by atoms with Crippen molar-refractivity contribution in [3.05, 3.63) is 45.7 Å². The third kappa shape index (κ3) is 4.63. The molecular formula is C31H41N3O9. The summed E-state index contributed by atoms with van der Waals surface area (Å²) < 4.78 is 5.86. The molecular weight excluding hydrogens is 558 g/mol. The summed E-state index contributed by atoms with van der Waals surface area (Å²) in [5.74, 6) is -9.71. The van der Waals surface area contributed by atoms with Gasteiger partial charge in [0.25, 0.3) is 5.91 Å². The number of carbonyl (C=O) groups excluding carboxylic acids is 4. The summed E-state index contributed by atoms with van der Waals surface area (Å²) in [6, 6.07) is 2.07. The Hall–Kier alpha value is -3.74. The number of hydrogen-bond acceptors (Lipinski definition) is 11. The fourth-order valence-corrected chi connectivity index (χ4v) is 7.39. The zero-order valence-electron chi connectivity index (χ0n) is 25.8. The van der Waals surface area contributed by atoms with E-state index in [0.29, 0.717) is 17.7 Å². The maximum Gasteiger partial charge on any atom is 0.305 e. The van der Waals surface area contributed by atoms with Gasteiger partial charge in [-0.2, -0.15) is 0 Å². The van der Waals surface area contributed by atoms with E-state index in [1.807, 2.05) is 32.8 Å². The minimum Gasteiger partial charge on any atom is -0.508 e. The molecule has 1 fully saturated rings. The molecule has 6 N–H and O–H groups in total. The van der Waals surface area contributed by atoms with Crippen molar-refractivity contribution in [1.29, 1.82) is 0 Å². The first kappa shape index (κ1) is 32.2. The minimum absolute atomic E-state index is 0.0197. The van der Waals surface area contributed by atoms with E-state index in [9.17, 15) is 39.6 Å². The van der Waals surface area contributed by atoms with Crippen LogP contribution in [0.5, 0.6) is 5.75 Å². The van der Waals surface area contributed by atoms with Crippen LogP contribution in [0.1, 0.15) is 56.7 Å². The van der Waals surface area contributed by atoms with Gasteiger partial charge < -0.3 is 35.8 Å². The number of esters is 1. The van der Waals surface area contributed by atoms with Crippen LogP contribution in [-0.4, -0.2) is 106 Å². The molecule has 4 rings (SSSR count). The number of benzene rings is 1. The number of Topliss-reactive ketones (excluding diaryl/α,β-unsaturated/α-hetero) is 2. The molecule has 0 saturated heterocycles. The van der Waals surface area contributed by atoms with Crippen LogP contribution in [0.2, 0.25) is 0 Å². The normalized spacial score (nSPS) is 29.0. The van der Waals surface area contributed by atoms with Gasteiger partial charge in [0.2, 0.25) is 5.78 Å². The molecule has 3 aliphatic carbocycles. The lowest BCUT2D eigenvalue weighted by Gasteiger charge is -2.54. The number of carbonyl (C=O) groups is 4. The van der Waals surface area contributed by atoms with E-state index < -0.39 is 87.0 Å². The van der Waals surface area contributed by atoms with Gasteiger partial charge in [0.1, 0.15) is 28.9 Å². The number of aliphatic hydroxyl groups is 3. The molecule has 0 unspecified atom stereocenters. The Morgan fingerprint density at radius 1 is 1.09 bits per heavy atom. The quantitative estimate of drug-likeness (QED) is 0.224. The molecule has 43 heavy (non-hydrogen) atoms. The highest BCUT2D eigenvalue weighted by molar-refractivity contribution is 6.24. The molecule has 12 nitrogen and oxygen atoms in total. The lowest BCUT2D eigenvalue weighted by molar-refractivity contribution is -0.185. The van der Waals surface area contributed by atoms with Crippen molar-refractivity contribution in [2.45, 2.75) is 63.2 Å². The highest BCUT2D eigenvalue weighted by Gasteiger charge is 2.69. The van der Waals surface area contributed by atoms with Gasteiger partial charge in [-0.1, -0.05) is 39.8 Å². The average molecular weight is 600 g/mol. The second-order valence-corrected chi connectivity index (χ2v) is 12.9. The number of ether oxygens (including phenoxy) is 1. The number of aromatic hydroxyl groups is 1. The van der Waals surface area contributed by atoms with Crippen LogP contribution in [0.25, 0.3) is 5.76 Å². The van der Waals surface area contributed by atoms with Crippen molar-refractivity contribution < 1.29 is 44.3 Å². The van der Waals surface area contributed by atoms with Crippen LogP contribution in [0.4, 0.5) is 0 Å².